The first-order chi connectivity index (χ1) is 13.4. The van der Waals surface area contributed by atoms with E-state index in [1.807, 2.05) is 31.2 Å². The smallest absolute Gasteiger partial charge is 0.340 e. The second kappa shape index (κ2) is 8.80. The lowest BCUT2D eigenvalue weighted by molar-refractivity contribution is -0.892. The fourth-order valence-corrected chi connectivity index (χ4v) is 4.11. The molecule has 0 amide bonds. The number of carbonyl (C=O) groups is 2. The van der Waals surface area contributed by atoms with E-state index in [0.717, 1.165) is 42.6 Å². The normalized spacial score (nSPS) is 14.9. The van der Waals surface area contributed by atoms with Crippen LogP contribution in [0.1, 0.15) is 39.0 Å². The van der Waals surface area contributed by atoms with Crippen molar-refractivity contribution in [3.63, 3.8) is 0 Å². The standard InChI is InChI=1S/C21H26ClN3O3/c1-4-28-21(27)20-15(3)23-14(2)19(20)18(26)13-24-9-11-25(12-10-24)17-8-6-5-7-16(17)22/h5-8,23H,4,9-13H2,1-3H3/p+1. The van der Waals surface area contributed by atoms with Crippen molar-refractivity contribution in [2.75, 3.05) is 44.2 Å². The monoisotopic (exact) mass is 404 g/mol. The number of H-pyrrole nitrogens is 1. The van der Waals surface area contributed by atoms with Crippen LogP contribution in [0.25, 0.3) is 0 Å². The van der Waals surface area contributed by atoms with Gasteiger partial charge in [-0.1, -0.05) is 23.7 Å². The number of quaternary nitrogens is 1. The molecule has 150 valence electrons. The molecule has 2 aromatic rings. The highest BCUT2D eigenvalue weighted by atomic mass is 35.5. The van der Waals surface area contributed by atoms with Crippen LogP contribution >= 0.6 is 11.6 Å². The van der Waals surface area contributed by atoms with Crippen LogP contribution in [0.2, 0.25) is 5.02 Å². The summed E-state index contributed by atoms with van der Waals surface area (Å²) in [6.07, 6.45) is 0. The second-order valence-corrected chi connectivity index (χ2v) is 7.54. The van der Waals surface area contributed by atoms with Crippen LogP contribution in [0.3, 0.4) is 0 Å². The molecule has 1 fully saturated rings. The van der Waals surface area contributed by atoms with Crippen molar-refractivity contribution >= 4 is 29.0 Å². The topological polar surface area (TPSA) is 66.8 Å². The lowest BCUT2D eigenvalue weighted by atomic mass is 10.0. The van der Waals surface area contributed by atoms with Gasteiger partial charge in [-0.3, -0.25) is 4.79 Å². The number of Topliss-reactive ketones (excluding diaryl/α,β-unsaturated/α-hetero) is 1. The van der Waals surface area contributed by atoms with Crippen molar-refractivity contribution < 1.29 is 19.2 Å². The van der Waals surface area contributed by atoms with E-state index in [0.29, 0.717) is 23.4 Å². The maximum Gasteiger partial charge on any atom is 0.340 e. The zero-order chi connectivity index (χ0) is 20.3. The van der Waals surface area contributed by atoms with Crippen LogP contribution in [0.15, 0.2) is 24.3 Å². The van der Waals surface area contributed by atoms with Gasteiger partial charge in [-0.25, -0.2) is 4.79 Å². The molecule has 7 heteroatoms. The number of nitrogens with one attached hydrogen (secondary N) is 2. The molecular weight excluding hydrogens is 378 g/mol. The van der Waals surface area contributed by atoms with E-state index in [1.54, 1.807) is 13.8 Å². The zero-order valence-corrected chi connectivity index (χ0v) is 17.4. The van der Waals surface area contributed by atoms with Crippen molar-refractivity contribution in [2.45, 2.75) is 20.8 Å². The summed E-state index contributed by atoms with van der Waals surface area (Å²) in [7, 11) is 0. The number of piperazine rings is 1. The van der Waals surface area contributed by atoms with E-state index in [-0.39, 0.29) is 12.4 Å². The first kappa shape index (κ1) is 20.4. The van der Waals surface area contributed by atoms with Gasteiger partial charge in [-0.05, 0) is 32.9 Å². The highest BCUT2D eigenvalue weighted by Gasteiger charge is 2.29. The van der Waals surface area contributed by atoms with Crippen molar-refractivity contribution in [1.82, 2.24) is 4.98 Å². The second-order valence-electron chi connectivity index (χ2n) is 7.13. The van der Waals surface area contributed by atoms with Crippen LogP contribution in [0, 0.1) is 13.8 Å². The first-order valence-corrected chi connectivity index (χ1v) is 10.0. The van der Waals surface area contributed by atoms with Crippen molar-refractivity contribution in [1.29, 1.82) is 0 Å². The number of aromatic nitrogens is 1. The van der Waals surface area contributed by atoms with Gasteiger partial charge < -0.3 is 19.5 Å². The average molecular weight is 405 g/mol. The maximum atomic E-state index is 13.0. The molecule has 6 nitrogen and oxygen atoms in total. The molecule has 1 aromatic carbocycles. The summed E-state index contributed by atoms with van der Waals surface area (Å²) in [5.41, 5.74) is 3.28. The number of nitrogens with zero attached hydrogens (tertiary/aromatic N) is 1. The number of carbonyl (C=O) groups excluding carboxylic acids is 2. The number of hydrogen-bond donors (Lipinski definition) is 2. The molecule has 3 rings (SSSR count). The molecule has 0 aliphatic carbocycles. The largest absolute Gasteiger partial charge is 0.462 e. The number of rotatable bonds is 6. The van der Waals surface area contributed by atoms with Gasteiger partial charge >= 0.3 is 5.97 Å². The lowest BCUT2D eigenvalue weighted by Crippen LogP contribution is -3.15. The molecule has 0 spiro atoms. The van der Waals surface area contributed by atoms with E-state index in [9.17, 15) is 9.59 Å². The number of hydrogen-bond acceptors (Lipinski definition) is 4. The number of para-hydroxylation sites is 1. The Morgan fingerprint density at radius 1 is 1.14 bits per heavy atom. The molecule has 28 heavy (non-hydrogen) atoms. The molecule has 0 saturated carbocycles. The molecular formula is C21H27ClN3O3+. The number of ketones is 1. The van der Waals surface area contributed by atoms with Gasteiger partial charge in [-0.2, -0.15) is 0 Å². The molecule has 0 unspecified atom stereocenters. The first-order valence-electron chi connectivity index (χ1n) is 9.64. The predicted molar refractivity (Wildman–Crippen MR) is 110 cm³/mol. The van der Waals surface area contributed by atoms with Crippen LogP contribution in [-0.4, -0.2) is 56.1 Å². The highest BCUT2D eigenvalue weighted by Crippen LogP contribution is 2.25. The number of aryl methyl sites for hydroxylation is 2. The van der Waals surface area contributed by atoms with Crippen LogP contribution in [-0.2, 0) is 4.74 Å². The maximum absolute atomic E-state index is 13.0. The Bertz CT molecular complexity index is 870. The summed E-state index contributed by atoms with van der Waals surface area (Å²) in [6, 6.07) is 7.83. The van der Waals surface area contributed by atoms with Gasteiger partial charge in [0.15, 0.2) is 0 Å². The molecule has 0 atom stereocenters. The Kier molecular flexibility index (Phi) is 6.42. The van der Waals surface area contributed by atoms with E-state index in [4.69, 9.17) is 16.3 Å². The molecule has 1 saturated heterocycles. The molecule has 1 aliphatic heterocycles. The Balaban J connectivity index is 1.67. The fraction of sp³-hybridized carbons (Fsp3) is 0.429. The van der Waals surface area contributed by atoms with Gasteiger partial charge in [0, 0.05) is 11.4 Å². The molecule has 1 aromatic heterocycles. The van der Waals surface area contributed by atoms with Crippen LogP contribution in [0.5, 0.6) is 0 Å². The summed E-state index contributed by atoms with van der Waals surface area (Å²) in [4.78, 5) is 31.9. The Hall–Kier alpha value is -2.31. The Labute approximate surface area is 170 Å². The SMILES string of the molecule is CCOC(=O)c1c(C)[nH]c(C)c1C(=O)C[NH+]1CCN(c2ccccc2Cl)CC1. The third kappa shape index (κ3) is 4.23. The summed E-state index contributed by atoms with van der Waals surface area (Å²) in [6.45, 7) is 9.38. The minimum atomic E-state index is -0.439. The summed E-state index contributed by atoms with van der Waals surface area (Å²) in [5, 5.41) is 0.750. The Morgan fingerprint density at radius 2 is 1.79 bits per heavy atom. The molecule has 1 aliphatic rings. The van der Waals surface area contributed by atoms with Crippen LogP contribution in [0.4, 0.5) is 5.69 Å². The lowest BCUT2D eigenvalue weighted by Gasteiger charge is -2.33. The summed E-state index contributed by atoms with van der Waals surface area (Å²) in [5.74, 6) is -0.461. The minimum Gasteiger partial charge on any atom is -0.462 e. The van der Waals surface area contributed by atoms with Gasteiger partial charge in [-0.15, -0.1) is 0 Å². The molecule has 0 radical (unpaired) electrons. The number of ether oxygens (including phenoxy) is 1. The predicted octanol–water partition coefficient (Wildman–Crippen LogP) is 2.05. The number of anilines is 1. The van der Waals surface area contributed by atoms with E-state index in [2.05, 4.69) is 9.88 Å². The summed E-state index contributed by atoms with van der Waals surface area (Å²) < 4.78 is 5.14. The van der Waals surface area contributed by atoms with E-state index in [1.165, 1.54) is 4.90 Å². The van der Waals surface area contributed by atoms with Crippen molar-refractivity contribution in [3.05, 3.63) is 51.8 Å². The summed E-state index contributed by atoms with van der Waals surface area (Å²) >= 11 is 6.30. The fourth-order valence-electron chi connectivity index (χ4n) is 3.85. The Morgan fingerprint density at radius 3 is 2.43 bits per heavy atom. The number of esters is 1. The van der Waals surface area contributed by atoms with E-state index < -0.39 is 5.97 Å². The van der Waals surface area contributed by atoms with Gasteiger partial charge in [0.25, 0.3) is 0 Å². The third-order valence-corrected chi connectivity index (χ3v) is 5.53. The number of halogens is 1. The molecule has 2 heterocycles. The number of benzene rings is 1. The molecule has 2 N–H and O–H groups in total. The van der Waals surface area contributed by atoms with E-state index >= 15 is 0 Å². The highest BCUT2D eigenvalue weighted by molar-refractivity contribution is 6.33. The van der Waals surface area contributed by atoms with Crippen molar-refractivity contribution in [3.8, 4) is 0 Å². The molecule has 0 bridgehead atoms. The van der Waals surface area contributed by atoms with Crippen LogP contribution < -0.4 is 9.80 Å². The quantitative estimate of drug-likeness (QED) is 0.571. The van der Waals surface area contributed by atoms with Crippen molar-refractivity contribution in [2.24, 2.45) is 0 Å². The van der Waals surface area contributed by atoms with Gasteiger partial charge in [0.05, 0.1) is 54.6 Å². The van der Waals surface area contributed by atoms with Gasteiger partial charge in [0.2, 0.25) is 5.78 Å². The minimum absolute atomic E-state index is 0.0221. The number of aromatic amines is 1. The third-order valence-electron chi connectivity index (χ3n) is 5.21. The zero-order valence-electron chi connectivity index (χ0n) is 16.6. The average Bonchev–Trinajstić information content (AvgIpc) is 2.97. The van der Waals surface area contributed by atoms with Gasteiger partial charge in [0.1, 0.15) is 6.54 Å².